The maximum absolute atomic E-state index is 13.2. The number of thiazole rings is 1. The number of hydrogen-bond donors (Lipinski definition) is 6. The van der Waals surface area contributed by atoms with E-state index < -0.39 is 34.9 Å². The molecule has 6 rings (SSSR count). The minimum absolute atomic E-state index is 0.0325. The van der Waals surface area contributed by atoms with Crippen LogP contribution in [0.5, 0.6) is 0 Å². The molecule has 0 aliphatic carbocycles. The van der Waals surface area contributed by atoms with E-state index in [0.717, 1.165) is 21.9 Å². The maximum Gasteiger partial charge on any atom is 0.352 e. The molecule has 228 valence electrons. The van der Waals surface area contributed by atoms with Gasteiger partial charge in [0.25, 0.3) is 11.8 Å². The molecule has 20 heteroatoms. The Morgan fingerprint density at radius 3 is 2.80 bits per heavy atom. The summed E-state index contributed by atoms with van der Waals surface area (Å²) in [4.78, 5) is 47.4. The van der Waals surface area contributed by atoms with Gasteiger partial charge >= 0.3 is 11.6 Å². The van der Waals surface area contributed by atoms with Gasteiger partial charge < -0.3 is 37.2 Å². The first kappa shape index (κ1) is 29.1. The molecule has 2 amide bonds. The molecular weight excluding hydrogens is 638 g/mol. The SMILES string of the molecule is NC(N)=Nc1coc(C[n+]2ccn3c2ccn3CC2=C(C(=O)O)N3C(=O)[C@@H](NC(=O)/C(=N\O)c4nc(N)sc4Cl)[C@H]3SC2)c1. The van der Waals surface area contributed by atoms with Gasteiger partial charge in [0.2, 0.25) is 0 Å². The van der Waals surface area contributed by atoms with Crippen LogP contribution in [0, 0.1) is 0 Å². The number of aromatic nitrogens is 4. The Labute approximate surface area is 259 Å². The number of carbonyl (C=O) groups excluding carboxylic acids is 2. The summed E-state index contributed by atoms with van der Waals surface area (Å²) in [7, 11) is 0. The zero-order valence-electron chi connectivity index (χ0n) is 22.3. The van der Waals surface area contributed by atoms with E-state index in [2.05, 4.69) is 20.4 Å². The number of amides is 2. The second kappa shape index (κ2) is 11.2. The number of guanidine groups is 1. The molecule has 0 bridgehead atoms. The van der Waals surface area contributed by atoms with Gasteiger partial charge in [0.1, 0.15) is 57.6 Å². The highest BCUT2D eigenvalue weighted by Gasteiger charge is 2.54. The van der Waals surface area contributed by atoms with Crippen LogP contribution >= 0.6 is 34.7 Å². The predicted molar refractivity (Wildman–Crippen MR) is 158 cm³/mol. The molecule has 44 heavy (non-hydrogen) atoms. The molecule has 9 N–H and O–H groups in total. The number of rotatable bonds is 9. The number of hydrogen-bond acceptors (Lipinski definition) is 11. The fourth-order valence-corrected chi connectivity index (χ4v) is 7.27. The number of carboxylic acids is 1. The van der Waals surface area contributed by atoms with Crippen molar-refractivity contribution in [2.45, 2.75) is 24.5 Å². The van der Waals surface area contributed by atoms with Gasteiger partial charge in [0.05, 0.1) is 18.8 Å². The quantitative estimate of drug-likeness (QED) is 0.0345. The summed E-state index contributed by atoms with van der Waals surface area (Å²) in [6.45, 7) is 0.571. The number of thioether (sulfide) groups is 1. The second-order valence-corrected chi connectivity index (χ2v) is 12.3. The number of oxime groups is 1. The van der Waals surface area contributed by atoms with Crippen molar-refractivity contribution in [1.82, 2.24) is 24.4 Å². The van der Waals surface area contributed by atoms with Crippen molar-refractivity contribution >= 4 is 80.6 Å². The molecule has 1 saturated heterocycles. The number of nitrogen functional groups attached to an aromatic ring is 1. The molecule has 0 radical (unpaired) electrons. The summed E-state index contributed by atoms with van der Waals surface area (Å²) in [5.41, 5.74) is 17.4. The summed E-state index contributed by atoms with van der Waals surface area (Å²) < 4.78 is 11.2. The summed E-state index contributed by atoms with van der Waals surface area (Å²) in [6, 6.07) is 2.52. The van der Waals surface area contributed by atoms with Crippen LogP contribution in [0.1, 0.15) is 11.5 Å². The number of anilines is 1. The van der Waals surface area contributed by atoms with Gasteiger partial charge in [-0.15, -0.1) is 16.3 Å². The van der Waals surface area contributed by atoms with E-state index in [4.69, 9.17) is 33.2 Å². The lowest BCUT2D eigenvalue weighted by molar-refractivity contribution is -0.663. The number of furan rings is 1. The lowest BCUT2D eigenvalue weighted by Crippen LogP contribution is -2.71. The average Bonchev–Trinajstić information content (AvgIpc) is 3.75. The average molecular weight is 661 g/mol. The number of carbonyl (C=O) groups is 3. The molecule has 2 aliphatic rings. The van der Waals surface area contributed by atoms with Gasteiger partial charge in [-0.1, -0.05) is 28.1 Å². The predicted octanol–water partition coefficient (Wildman–Crippen LogP) is -0.116. The fourth-order valence-electron chi connectivity index (χ4n) is 5.01. The lowest BCUT2D eigenvalue weighted by atomic mass is 10.0. The van der Waals surface area contributed by atoms with Crippen LogP contribution in [-0.2, 0) is 27.5 Å². The minimum atomic E-state index is -1.27. The highest BCUT2D eigenvalue weighted by atomic mass is 35.5. The molecule has 4 aromatic rings. The minimum Gasteiger partial charge on any atom is -0.477 e. The van der Waals surface area contributed by atoms with Crippen LogP contribution in [0.25, 0.3) is 5.65 Å². The fraction of sp³-hybridized carbons (Fsp3) is 0.208. The van der Waals surface area contributed by atoms with Crippen molar-refractivity contribution in [3.05, 3.63) is 64.0 Å². The number of aliphatic imine (C=N–C) groups is 1. The molecule has 0 unspecified atom stereocenters. The van der Waals surface area contributed by atoms with Gasteiger partial charge in [-0.25, -0.2) is 24.0 Å². The molecule has 2 aliphatic heterocycles. The number of nitrogens with one attached hydrogen (secondary N) is 1. The maximum atomic E-state index is 13.2. The van der Waals surface area contributed by atoms with Crippen LogP contribution in [0.3, 0.4) is 0 Å². The number of halogens is 1. The largest absolute Gasteiger partial charge is 0.477 e. The number of β-lactam (4-membered cyclic amide) rings is 1. The third-order valence-corrected chi connectivity index (χ3v) is 9.27. The standard InChI is InChI=1S/C24H22ClN11O6S2/c25-18-14(31-24(28)44-18)15(32-41)19(37)30-16-20(38)36-17(22(39)40)10(9-43-21(16)36)6-34-2-1-13-33(3-4-35(13)34)7-12-5-11(8-42-12)29-23(26)27/h1-5,8,16,21H,6-7,9H2,(H8-,26,27,28,29,30,31,37,39,40,41)/p+1/t16-,21-/m1/s1. The number of nitrogens with two attached hydrogens (primary N) is 3. The first-order chi connectivity index (χ1) is 21.0. The second-order valence-electron chi connectivity index (χ2n) is 9.59. The molecule has 6 heterocycles. The number of aliphatic carboxylic acids is 1. The zero-order chi connectivity index (χ0) is 31.3. The molecular formula is C24H23ClN11O6S2+. The normalized spacial score (nSPS) is 18.3. The first-order valence-electron chi connectivity index (χ1n) is 12.6. The molecule has 2 atom stereocenters. The van der Waals surface area contributed by atoms with Crippen LogP contribution in [0.2, 0.25) is 4.34 Å². The molecule has 1 fully saturated rings. The van der Waals surface area contributed by atoms with Crippen LogP contribution in [-0.4, -0.2) is 76.0 Å². The van der Waals surface area contributed by atoms with E-state index in [0.29, 0.717) is 23.6 Å². The van der Waals surface area contributed by atoms with E-state index in [1.807, 2.05) is 32.2 Å². The van der Waals surface area contributed by atoms with Crippen LogP contribution < -0.4 is 27.1 Å². The monoisotopic (exact) mass is 660 g/mol. The van der Waals surface area contributed by atoms with Gasteiger partial charge in [0, 0.05) is 11.8 Å². The Kier molecular flexibility index (Phi) is 7.43. The number of fused-ring (bicyclic) bond motifs is 2. The Morgan fingerprint density at radius 1 is 1.32 bits per heavy atom. The van der Waals surface area contributed by atoms with Gasteiger partial charge in [-0.2, -0.15) is 0 Å². The third-order valence-electron chi connectivity index (χ3n) is 6.84. The van der Waals surface area contributed by atoms with Crippen molar-refractivity contribution in [2.75, 3.05) is 11.5 Å². The van der Waals surface area contributed by atoms with Crippen molar-refractivity contribution in [2.24, 2.45) is 21.6 Å². The molecule has 4 aromatic heterocycles. The zero-order valence-corrected chi connectivity index (χ0v) is 24.7. The van der Waals surface area contributed by atoms with Gasteiger partial charge in [-0.3, -0.25) is 14.5 Å². The third kappa shape index (κ3) is 5.09. The smallest absolute Gasteiger partial charge is 0.352 e. The Hall–Kier alpha value is -5.01. The van der Waals surface area contributed by atoms with E-state index in [1.54, 1.807) is 12.3 Å². The van der Waals surface area contributed by atoms with Crippen molar-refractivity contribution < 1.29 is 33.7 Å². The number of nitrogens with zero attached hydrogens (tertiary/aromatic N) is 7. The van der Waals surface area contributed by atoms with Crippen molar-refractivity contribution in [1.29, 1.82) is 0 Å². The lowest BCUT2D eigenvalue weighted by Gasteiger charge is -2.49. The molecule has 0 saturated carbocycles. The van der Waals surface area contributed by atoms with E-state index in [9.17, 15) is 24.7 Å². The van der Waals surface area contributed by atoms with Gasteiger partial charge in [-0.05, 0) is 5.57 Å². The summed E-state index contributed by atoms with van der Waals surface area (Å²) in [5, 5.41) is 24.4. The van der Waals surface area contributed by atoms with Crippen LogP contribution in [0.4, 0.5) is 10.8 Å². The van der Waals surface area contributed by atoms with E-state index in [-0.39, 0.29) is 39.1 Å². The Morgan fingerprint density at radius 2 is 2.11 bits per heavy atom. The summed E-state index contributed by atoms with van der Waals surface area (Å²) in [6.07, 6.45) is 6.91. The number of carboxylic acid groups (broad SMARTS) is 1. The first-order valence-corrected chi connectivity index (χ1v) is 14.9. The molecule has 0 aromatic carbocycles. The van der Waals surface area contributed by atoms with Crippen LogP contribution in [0.15, 0.2) is 62.8 Å². The van der Waals surface area contributed by atoms with Crippen molar-refractivity contribution in [3.63, 3.8) is 0 Å². The number of imidazole rings is 1. The Bertz CT molecular complexity index is 1920. The van der Waals surface area contributed by atoms with E-state index in [1.165, 1.54) is 18.0 Å². The van der Waals surface area contributed by atoms with Crippen molar-refractivity contribution in [3.8, 4) is 0 Å². The van der Waals surface area contributed by atoms with Gasteiger partial charge in [0.15, 0.2) is 23.0 Å². The topological polar surface area (TPSA) is 249 Å². The Balaban J connectivity index is 1.19. The highest BCUT2D eigenvalue weighted by molar-refractivity contribution is 8.00. The summed E-state index contributed by atoms with van der Waals surface area (Å²) in [5.74, 6) is -1.99. The molecule has 17 nitrogen and oxygen atoms in total. The molecule has 0 spiro atoms. The summed E-state index contributed by atoms with van der Waals surface area (Å²) >= 11 is 8.22. The van der Waals surface area contributed by atoms with E-state index >= 15 is 0 Å². The highest BCUT2D eigenvalue weighted by Crippen LogP contribution is 2.41.